The van der Waals surface area contributed by atoms with E-state index >= 15 is 0 Å². The van der Waals surface area contributed by atoms with E-state index in [2.05, 4.69) is 21.2 Å². The average Bonchev–Trinajstić information content (AvgIpc) is 2.48. The zero-order valence-electron chi connectivity index (χ0n) is 11.4. The van der Waals surface area contributed by atoms with Crippen LogP contribution in [0.2, 0.25) is 5.02 Å². The second-order valence-corrected chi connectivity index (χ2v) is 6.66. The Morgan fingerprint density at radius 3 is 2.52 bits per heavy atom. The minimum atomic E-state index is -0.705. The van der Waals surface area contributed by atoms with E-state index in [1.807, 2.05) is 0 Å². The standard InChI is InChI=1S/C15H17BrClNO3/c16-12-7-11(5-6-13(12)17)14(19)18-8-9-1-3-10(4-2-9)15(20)21/h5-7,9-10H,1-4,8H2,(H,18,19)(H,20,21). The van der Waals surface area contributed by atoms with Crippen LogP contribution in [-0.4, -0.2) is 23.5 Å². The summed E-state index contributed by atoms with van der Waals surface area (Å²) in [4.78, 5) is 22.9. The van der Waals surface area contributed by atoms with Crippen LogP contribution in [0, 0.1) is 11.8 Å². The summed E-state index contributed by atoms with van der Waals surface area (Å²) in [5.41, 5.74) is 0.561. The van der Waals surface area contributed by atoms with Gasteiger partial charge in [0, 0.05) is 16.6 Å². The third kappa shape index (κ3) is 4.45. The van der Waals surface area contributed by atoms with E-state index in [0.717, 1.165) is 12.8 Å². The largest absolute Gasteiger partial charge is 0.481 e. The molecule has 4 nitrogen and oxygen atoms in total. The number of benzene rings is 1. The number of carboxylic acids is 1. The number of nitrogens with one attached hydrogen (secondary N) is 1. The summed E-state index contributed by atoms with van der Waals surface area (Å²) in [5, 5.41) is 12.4. The van der Waals surface area contributed by atoms with Crippen molar-refractivity contribution in [3.05, 3.63) is 33.3 Å². The molecule has 0 heterocycles. The predicted octanol–water partition coefficient (Wildman–Crippen LogP) is 3.72. The van der Waals surface area contributed by atoms with Crippen molar-refractivity contribution >= 4 is 39.4 Å². The molecular formula is C15H17BrClNO3. The van der Waals surface area contributed by atoms with Gasteiger partial charge in [-0.1, -0.05) is 11.6 Å². The van der Waals surface area contributed by atoms with E-state index in [1.54, 1.807) is 18.2 Å². The lowest BCUT2D eigenvalue weighted by Crippen LogP contribution is -2.32. The molecule has 0 bridgehead atoms. The highest BCUT2D eigenvalue weighted by atomic mass is 79.9. The SMILES string of the molecule is O=C(NCC1CCC(C(=O)O)CC1)c1ccc(Cl)c(Br)c1. The molecule has 2 rings (SSSR count). The Bertz CT molecular complexity index is 542. The van der Waals surface area contributed by atoms with Crippen LogP contribution in [-0.2, 0) is 4.79 Å². The van der Waals surface area contributed by atoms with Gasteiger partial charge in [0.15, 0.2) is 0 Å². The van der Waals surface area contributed by atoms with Gasteiger partial charge in [0.2, 0.25) is 0 Å². The summed E-state index contributed by atoms with van der Waals surface area (Å²) in [5.74, 6) is -0.694. The Kier molecular flexibility index (Phi) is 5.65. The number of hydrogen-bond acceptors (Lipinski definition) is 2. The van der Waals surface area contributed by atoms with Gasteiger partial charge in [-0.25, -0.2) is 0 Å². The number of aliphatic carboxylic acids is 1. The van der Waals surface area contributed by atoms with Crippen LogP contribution < -0.4 is 5.32 Å². The van der Waals surface area contributed by atoms with E-state index in [4.69, 9.17) is 16.7 Å². The Balaban J connectivity index is 1.82. The van der Waals surface area contributed by atoms with Crippen molar-refractivity contribution in [3.63, 3.8) is 0 Å². The van der Waals surface area contributed by atoms with Crippen molar-refractivity contribution in [1.29, 1.82) is 0 Å². The number of amides is 1. The average molecular weight is 375 g/mol. The van der Waals surface area contributed by atoms with Gasteiger partial charge in [-0.2, -0.15) is 0 Å². The van der Waals surface area contributed by atoms with Gasteiger partial charge >= 0.3 is 5.97 Å². The summed E-state index contributed by atoms with van der Waals surface area (Å²) in [6, 6.07) is 5.06. The van der Waals surface area contributed by atoms with Gasteiger partial charge in [0.1, 0.15) is 0 Å². The second-order valence-electron chi connectivity index (χ2n) is 5.39. The molecule has 21 heavy (non-hydrogen) atoms. The van der Waals surface area contributed by atoms with Gasteiger partial charge in [0.25, 0.3) is 5.91 Å². The molecule has 1 saturated carbocycles. The number of carboxylic acid groups (broad SMARTS) is 1. The van der Waals surface area contributed by atoms with Crippen LogP contribution in [0.3, 0.4) is 0 Å². The fourth-order valence-electron chi connectivity index (χ4n) is 2.59. The topological polar surface area (TPSA) is 66.4 Å². The lowest BCUT2D eigenvalue weighted by Gasteiger charge is -2.26. The van der Waals surface area contributed by atoms with Gasteiger partial charge in [-0.3, -0.25) is 9.59 Å². The van der Waals surface area contributed by atoms with Gasteiger partial charge in [-0.05, 0) is 65.7 Å². The highest BCUT2D eigenvalue weighted by Crippen LogP contribution is 2.28. The molecule has 0 spiro atoms. The van der Waals surface area contributed by atoms with Crippen LogP contribution in [0.25, 0.3) is 0 Å². The summed E-state index contributed by atoms with van der Waals surface area (Å²) < 4.78 is 0.693. The van der Waals surface area contributed by atoms with E-state index in [-0.39, 0.29) is 11.8 Å². The molecule has 114 valence electrons. The first-order valence-electron chi connectivity index (χ1n) is 6.93. The Hall–Kier alpha value is -1.07. The molecule has 1 aliphatic carbocycles. The Morgan fingerprint density at radius 1 is 1.29 bits per heavy atom. The van der Waals surface area contributed by atoms with Crippen LogP contribution in [0.5, 0.6) is 0 Å². The molecule has 1 aromatic rings. The van der Waals surface area contributed by atoms with Gasteiger partial charge in [0.05, 0.1) is 10.9 Å². The monoisotopic (exact) mass is 373 g/mol. The fourth-order valence-corrected chi connectivity index (χ4v) is 3.09. The first kappa shape index (κ1) is 16.3. The number of rotatable bonds is 4. The van der Waals surface area contributed by atoms with Gasteiger partial charge < -0.3 is 10.4 Å². The van der Waals surface area contributed by atoms with Crippen LogP contribution in [0.1, 0.15) is 36.0 Å². The smallest absolute Gasteiger partial charge is 0.306 e. The third-order valence-electron chi connectivity index (χ3n) is 3.93. The van der Waals surface area contributed by atoms with Gasteiger partial charge in [-0.15, -0.1) is 0 Å². The van der Waals surface area contributed by atoms with Crippen molar-refractivity contribution in [2.24, 2.45) is 11.8 Å². The Labute approximate surface area is 137 Å². The maximum Gasteiger partial charge on any atom is 0.306 e. The summed E-state index contributed by atoms with van der Waals surface area (Å²) in [6.45, 7) is 0.589. The second kappa shape index (κ2) is 7.27. The molecule has 0 radical (unpaired) electrons. The fraction of sp³-hybridized carbons (Fsp3) is 0.467. The van der Waals surface area contributed by atoms with Crippen LogP contribution in [0.15, 0.2) is 22.7 Å². The Morgan fingerprint density at radius 2 is 1.95 bits per heavy atom. The van der Waals surface area contributed by atoms with E-state index in [9.17, 15) is 9.59 Å². The van der Waals surface area contributed by atoms with Crippen molar-refractivity contribution in [1.82, 2.24) is 5.32 Å². The normalized spacial score (nSPS) is 21.8. The summed E-state index contributed by atoms with van der Waals surface area (Å²) in [6.07, 6.45) is 3.09. The van der Waals surface area contributed by atoms with Crippen LogP contribution >= 0.6 is 27.5 Å². The molecule has 0 saturated heterocycles. The number of halogens is 2. The quantitative estimate of drug-likeness (QED) is 0.844. The molecule has 6 heteroatoms. The van der Waals surface area contributed by atoms with Crippen molar-refractivity contribution in [3.8, 4) is 0 Å². The number of carbonyl (C=O) groups is 2. The summed E-state index contributed by atoms with van der Waals surface area (Å²) >= 11 is 9.19. The first-order valence-corrected chi connectivity index (χ1v) is 8.10. The minimum absolute atomic E-state index is 0.132. The minimum Gasteiger partial charge on any atom is -0.481 e. The molecule has 1 fully saturated rings. The highest BCUT2D eigenvalue weighted by Gasteiger charge is 2.26. The zero-order chi connectivity index (χ0) is 15.4. The van der Waals surface area contributed by atoms with Crippen molar-refractivity contribution in [2.45, 2.75) is 25.7 Å². The van der Waals surface area contributed by atoms with E-state index < -0.39 is 5.97 Å². The maximum atomic E-state index is 12.1. The molecular weight excluding hydrogens is 358 g/mol. The van der Waals surface area contributed by atoms with Crippen molar-refractivity contribution < 1.29 is 14.7 Å². The first-order chi connectivity index (χ1) is 9.97. The van der Waals surface area contributed by atoms with E-state index in [1.165, 1.54) is 0 Å². The number of carbonyl (C=O) groups excluding carboxylic acids is 1. The molecule has 0 aromatic heterocycles. The highest BCUT2D eigenvalue weighted by molar-refractivity contribution is 9.10. The van der Waals surface area contributed by atoms with Crippen molar-refractivity contribution in [2.75, 3.05) is 6.54 Å². The zero-order valence-corrected chi connectivity index (χ0v) is 13.8. The number of hydrogen-bond donors (Lipinski definition) is 2. The molecule has 1 aliphatic rings. The molecule has 0 aliphatic heterocycles. The lowest BCUT2D eigenvalue weighted by molar-refractivity contribution is -0.143. The summed E-state index contributed by atoms with van der Waals surface area (Å²) in [7, 11) is 0. The third-order valence-corrected chi connectivity index (χ3v) is 5.14. The lowest BCUT2D eigenvalue weighted by atomic mass is 9.82. The molecule has 1 amide bonds. The molecule has 2 N–H and O–H groups in total. The predicted molar refractivity (Wildman–Crippen MR) is 84.6 cm³/mol. The molecule has 0 atom stereocenters. The molecule has 1 aromatic carbocycles. The van der Waals surface area contributed by atoms with Crippen LogP contribution in [0.4, 0.5) is 0 Å². The molecule has 0 unspecified atom stereocenters. The van der Waals surface area contributed by atoms with E-state index in [0.29, 0.717) is 40.4 Å². The maximum absolute atomic E-state index is 12.1.